The highest BCUT2D eigenvalue weighted by atomic mass is 32.1. The van der Waals surface area contributed by atoms with Crippen molar-refractivity contribution in [2.75, 3.05) is 38.2 Å². The second kappa shape index (κ2) is 9.07. The lowest BCUT2D eigenvalue weighted by Crippen LogP contribution is -3.15. The van der Waals surface area contributed by atoms with Crippen LogP contribution in [0.5, 0.6) is 0 Å². The summed E-state index contributed by atoms with van der Waals surface area (Å²) in [6.07, 6.45) is 0. The first-order valence-corrected chi connectivity index (χ1v) is 9.32. The van der Waals surface area contributed by atoms with E-state index < -0.39 is 0 Å². The fourth-order valence-electron chi connectivity index (χ4n) is 3.27. The number of halogens is 1. The second-order valence-corrected chi connectivity index (χ2v) is 6.99. The van der Waals surface area contributed by atoms with Crippen LogP contribution in [0.1, 0.15) is 17.2 Å². The molecule has 26 heavy (non-hydrogen) atoms. The SMILES string of the molecule is Cc1cccc(NC(=S)NC[C@@H](c2ccc(F)cc2)[NH+]2CCOCC2)c1. The molecule has 0 aliphatic carbocycles. The van der Waals surface area contributed by atoms with Crippen molar-refractivity contribution in [2.45, 2.75) is 13.0 Å². The van der Waals surface area contributed by atoms with Crippen LogP contribution in [0, 0.1) is 12.7 Å². The minimum atomic E-state index is -0.214. The smallest absolute Gasteiger partial charge is 0.171 e. The maximum absolute atomic E-state index is 13.3. The summed E-state index contributed by atoms with van der Waals surface area (Å²) >= 11 is 5.45. The first-order valence-electron chi connectivity index (χ1n) is 8.91. The van der Waals surface area contributed by atoms with Crippen LogP contribution in [0.15, 0.2) is 48.5 Å². The largest absolute Gasteiger partial charge is 0.370 e. The molecular formula is C20H25FN3OS+. The molecule has 4 nitrogen and oxygen atoms in total. The van der Waals surface area contributed by atoms with Crippen LogP contribution >= 0.6 is 12.2 Å². The number of ether oxygens (including phenoxy) is 1. The molecule has 0 aromatic heterocycles. The van der Waals surface area contributed by atoms with E-state index in [1.54, 1.807) is 0 Å². The van der Waals surface area contributed by atoms with Crippen LogP contribution in [0.4, 0.5) is 10.1 Å². The number of rotatable bonds is 5. The van der Waals surface area contributed by atoms with Gasteiger partial charge in [-0.05, 0) is 49.0 Å². The van der Waals surface area contributed by atoms with Gasteiger partial charge in [0.25, 0.3) is 0 Å². The van der Waals surface area contributed by atoms with Crippen LogP contribution < -0.4 is 15.5 Å². The lowest BCUT2D eigenvalue weighted by atomic mass is 10.0. The summed E-state index contributed by atoms with van der Waals surface area (Å²) in [6, 6.07) is 15.0. The molecule has 1 fully saturated rings. The predicted octanol–water partition coefficient (Wildman–Crippen LogP) is 2.08. The van der Waals surface area contributed by atoms with E-state index in [1.165, 1.54) is 22.6 Å². The van der Waals surface area contributed by atoms with Gasteiger partial charge in [-0.25, -0.2) is 4.39 Å². The van der Waals surface area contributed by atoms with Crippen molar-refractivity contribution in [3.05, 3.63) is 65.5 Å². The van der Waals surface area contributed by atoms with E-state index in [4.69, 9.17) is 17.0 Å². The number of hydrogen-bond donors (Lipinski definition) is 3. The molecule has 0 spiro atoms. The zero-order valence-electron chi connectivity index (χ0n) is 14.9. The number of hydrogen-bond acceptors (Lipinski definition) is 2. The Bertz CT molecular complexity index is 732. The maximum Gasteiger partial charge on any atom is 0.171 e. The molecule has 138 valence electrons. The van der Waals surface area contributed by atoms with E-state index in [-0.39, 0.29) is 11.9 Å². The molecule has 3 N–H and O–H groups in total. The third kappa shape index (κ3) is 5.24. The van der Waals surface area contributed by atoms with Gasteiger partial charge in [0.2, 0.25) is 0 Å². The molecule has 3 rings (SSSR count). The van der Waals surface area contributed by atoms with Crippen LogP contribution in [0.2, 0.25) is 0 Å². The highest BCUT2D eigenvalue weighted by Crippen LogP contribution is 2.12. The number of nitrogens with one attached hydrogen (secondary N) is 3. The summed E-state index contributed by atoms with van der Waals surface area (Å²) < 4.78 is 18.8. The lowest BCUT2D eigenvalue weighted by Gasteiger charge is -2.32. The van der Waals surface area contributed by atoms with Gasteiger partial charge in [-0.1, -0.05) is 24.3 Å². The molecule has 2 aromatic carbocycles. The molecule has 2 aromatic rings. The van der Waals surface area contributed by atoms with E-state index in [2.05, 4.69) is 16.7 Å². The number of anilines is 1. The average Bonchev–Trinajstić information content (AvgIpc) is 2.64. The van der Waals surface area contributed by atoms with E-state index >= 15 is 0 Å². The van der Waals surface area contributed by atoms with Gasteiger partial charge in [0.05, 0.1) is 19.8 Å². The number of thiocarbonyl (C=S) groups is 1. The summed E-state index contributed by atoms with van der Waals surface area (Å²) in [5.74, 6) is -0.214. The van der Waals surface area contributed by atoms with Gasteiger partial charge >= 0.3 is 0 Å². The standard InChI is InChI=1S/C20H24FN3OS/c1-15-3-2-4-18(13-15)23-20(26)22-14-19(24-9-11-25-12-10-24)16-5-7-17(21)8-6-16/h2-8,13,19H,9-12,14H2,1H3,(H2,22,23,26)/p+1/t19-/m0/s1. The van der Waals surface area contributed by atoms with Crippen LogP contribution in [-0.4, -0.2) is 38.0 Å². The zero-order valence-corrected chi connectivity index (χ0v) is 15.7. The summed E-state index contributed by atoms with van der Waals surface area (Å²) in [5, 5.41) is 7.15. The first kappa shape index (κ1) is 18.8. The number of benzene rings is 2. The van der Waals surface area contributed by atoms with Crippen molar-refractivity contribution in [2.24, 2.45) is 0 Å². The van der Waals surface area contributed by atoms with Gasteiger partial charge < -0.3 is 20.3 Å². The van der Waals surface area contributed by atoms with Crippen LogP contribution in [-0.2, 0) is 4.74 Å². The Morgan fingerprint density at radius 3 is 2.62 bits per heavy atom. The Hall–Kier alpha value is -2.02. The molecule has 0 unspecified atom stereocenters. The molecule has 0 saturated carbocycles. The molecule has 6 heteroatoms. The molecule has 1 aliphatic rings. The molecule has 1 heterocycles. The molecule has 1 saturated heterocycles. The van der Waals surface area contributed by atoms with Crippen molar-refractivity contribution in [3.63, 3.8) is 0 Å². The van der Waals surface area contributed by atoms with E-state index in [0.717, 1.165) is 37.6 Å². The number of aryl methyl sites for hydroxylation is 1. The fraction of sp³-hybridized carbons (Fsp3) is 0.350. The van der Waals surface area contributed by atoms with Gasteiger partial charge in [-0.2, -0.15) is 0 Å². The van der Waals surface area contributed by atoms with Gasteiger partial charge in [0.15, 0.2) is 5.11 Å². The van der Waals surface area contributed by atoms with Crippen LogP contribution in [0.25, 0.3) is 0 Å². The molecule has 0 radical (unpaired) electrons. The summed E-state index contributed by atoms with van der Waals surface area (Å²) in [6.45, 7) is 6.09. The Morgan fingerprint density at radius 1 is 1.19 bits per heavy atom. The van der Waals surface area contributed by atoms with Crippen molar-refractivity contribution >= 4 is 23.0 Å². The zero-order chi connectivity index (χ0) is 18.4. The fourth-order valence-corrected chi connectivity index (χ4v) is 3.47. The third-order valence-electron chi connectivity index (χ3n) is 4.64. The van der Waals surface area contributed by atoms with Gasteiger partial charge in [-0.15, -0.1) is 0 Å². The molecule has 0 amide bonds. The van der Waals surface area contributed by atoms with E-state index in [1.807, 2.05) is 37.3 Å². The summed E-state index contributed by atoms with van der Waals surface area (Å²) in [7, 11) is 0. The van der Waals surface area contributed by atoms with Crippen molar-refractivity contribution in [1.82, 2.24) is 5.32 Å². The highest BCUT2D eigenvalue weighted by Gasteiger charge is 2.26. The minimum Gasteiger partial charge on any atom is -0.370 e. The first-order chi connectivity index (χ1) is 12.6. The average molecular weight is 375 g/mol. The Balaban J connectivity index is 1.65. The van der Waals surface area contributed by atoms with Crippen molar-refractivity contribution in [1.29, 1.82) is 0 Å². The third-order valence-corrected chi connectivity index (χ3v) is 4.89. The monoisotopic (exact) mass is 374 g/mol. The second-order valence-electron chi connectivity index (χ2n) is 6.58. The Labute approximate surface area is 159 Å². The number of morpholine rings is 1. The Kier molecular flexibility index (Phi) is 6.55. The maximum atomic E-state index is 13.3. The van der Waals surface area contributed by atoms with E-state index in [0.29, 0.717) is 11.7 Å². The molecular weight excluding hydrogens is 349 g/mol. The van der Waals surface area contributed by atoms with Gasteiger partial charge in [0.1, 0.15) is 24.9 Å². The quantitative estimate of drug-likeness (QED) is 0.701. The normalized spacial score (nSPS) is 16.1. The number of quaternary nitrogens is 1. The van der Waals surface area contributed by atoms with Crippen molar-refractivity contribution in [3.8, 4) is 0 Å². The molecule has 0 bridgehead atoms. The molecule has 1 atom stereocenters. The van der Waals surface area contributed by atoms with E-state index in [9.17, 15) is 4.39 Å². The van der Waals surface area contributed by atoms with Crippen LogP contribution in [0.3, 0.4) is 0 Å². The minimum absolute atomic E-state index is 0.191. The van der Waals surface area contributed by atoms with Gasteiger partial charge in [-0.3, -0.25) is 0 Å². The predicted molar refractivity (Wildman–Crippen MR) is 106 cm³/mol. The summed E-state index contributed by atoms with van der Waals surface area (Å²) in [5.41, 5.74) is 3.26. The Morgan fingerprint density at radius 2 is 1.92 bits per heavy atom. The topological polar surface area (TPSA) is 37.7 Å². The van der Waals surface area contributed by atoms with Gasteiger partial charge in [0, 0.05) is 11.3 Å². The highest BCUT2D eigenvalue weighted by molar-refractivity contribution is 7.80. The lowest BCUT2D eigenvalue weighted by molar-refractivity contribution is -0.937. The summed E-state index contributed by atoms with van der Waals surface area (Å²) in [4.78, 5) is 1.42. The molecule has 1 aliphatic heterocycles. The van der Waals surface area contributed by atoms with Crippen molar-refractivity contribution < 1.29 is 14.0 Å².